The van der Waals surface area contributed by atoms with E-state index in [0.29, 0.717) is 0 Å². The van der Waals surface area contributed by atoms with E-state index in [1.54, 1.807) is 11.8 Å². The van der Waals surface area contributed by atoms with Crippen molar-refractivity contribution in [1.82, 2.24) is 4.37 Å². The van der Waals surface area contributed by atoms with E-state index in [0.717, 1.165) is 10.8 Å². The van der Waals surface area contributed by atoms with Crippen LogP contribution in [0.3, 0.4) is 0 Å². The van der Waals surface area contributed by atoms with E-state index in [4.69, 9.17) is 0 Å². The van der Waals surface area contributed by atoms with Gasteiger partial charge in [0.2, 0.25) is 0 Å². The zero-order chi connectivity index (χ0) is 6.53. The molecule has 0 N–H and O–H groups in total. The van der Waals surface area contributed by atoms with Crippen LogP contribution in [0.1, 0.15) is 0 Å². The fourth-order valence-electron chi connectivity index (χ4n) is 0.420. The standard InChI is InChI=1S/C6H7NS2/c1-2-4-8-6-3-5-9-7-6/h2-3,5H,1,4H2. The fourth-order valence-corrected chi connectivity index (χ4v) is 1.71. The van der Waals surface area contributed by atoms with Gasteiger partial charge in [-0.25, -0.2) is 0 Å². The maximum atomic E-state index is 4.11. The van der Waals surface area contributed by atoms with Crippen molar-refractivity contribution in [1.29, 1.82) is 0 Å². The molecule has 0 aliphatic rings. The van der Waals surface area contributed by atoms with Crippen molar-refractivity contribution in [2.24, 2.45) is 0 Å². The van der Waals surface area contributed by atoms with E-state index in [9.17, 15) is 0 Å². The second-order valence-corrected chi connectivity index (χ2v) is 3.14. The second kappa shape index (κ2) is 3.69. The van der Waals surface area contributed by atoms with Gasteiger partial charge in [0.05, 0.1) is 0 Å². The van der Waals surface area contributed by atoms with E-state index in [-0.39, 0.29) is 0 Å². The quantitative estimate of drug-likeness (QED) is 0.493. The summed E-state index contributed by atoms with van der Waals surface area (Å²) < 4.78 is 4.11. The molecule has 0 unspecified atom stereocenters. The molecule has 1 heterocycles. The Morgan fingerprint density at radius 2 is 2.78 bits per heavy atom. The van der Waals surface area contributed by atoms with Gasteiger partial charge in [0.15, 0.2) is 0 Å². The fraction of sp³-hybridized carbons (Fsp3) is 0.167. The molecule has 1 rings (SSSR count). The highest BCUT2D eigenvalue weighted by Crippen LogP contribution is 2.15. The number of hydrogen-bond acceptors (Lipinski definition) is 3. The molecule has 9 heavy (non-hydrogen) atoms. The Morgan fingerprint density at radius 1 is 1.89 bits per heavy atom. The van der Waals surface area contributed by atoms with Crippen LogP contribution in [0.2, 0.25) is 0 Å². The summed E-state index contributed by atoms with van der Waals surface area (Å²) in [5.74, 6) is 0.948. The molecule has 1 aromatic heterocycles. The van der Waals surface area contributed by atoms with Crippen LogP contribution in [0.4, 0.5) is 0 Å². The van der Waals surface area contributed by atoms with Crippen LogP contribution < -0.4 is 0 Å². The molecule has 1 nitrogen and oxygen atoms in total. The molecule has 0 aliphatic carbocycles. The third-order valence-corrected chi connectivity index (χ3v) is 2.36. The number of aromatic nitrogens is 1. The smallest absolute Gasteiger partial charge is 0.110 e. The van der Waals surface area contributed by atoms with E-state index >= 15 is 0 Å². The molecule has 1 aromatic rings. The minimum Gasteiger partial charge on any atom is -0.186 e. The van der Waals surface area contributed by atoms with E-state index in [1.807, 2.05) is 17.5 Å². The van der Waals surface area contributed by atoms with Gasteiger partial charge in [-0.1, -0.05) is 6.08 Å². The summed E-state index contributed by atoms with van der Waals surface area (Å²) in [6.07, 6.45) is 1.88. The summed E-state index contributed by atoms with van der Waals surface area (Å²) >= 11 is 3.19. The summed E-state index contributed by atoms with van der Waals surface area (Å²) in [4.78, 5) is 0. The van der Waals surface area contributed by atoms with Crippen LogP contribution in [0.5, 0.6) is 0 Å². The van der Waals surface area contributed by atoms with Crippen LogP contribution in [-0.2, 0) is 0 Å². The molecule has 0 amide bonds. The third-order valence-electron chi connectivity index (χ3n) is 0.763. The molecule has 48 valence electrons. The van der Waals surface area contributed by atoms with Crippen molar-refractivity contribution in [2.75, 3.05) is 5.75 Å². The monoisotopic (exact) mass is 157 g/mol. The van der Waals surface area contributed by atoms with Crippen LogP contribution in [-0.4, -0.2) is 10.1 Å². The average molecular weight is 157 g/mol. The maximum absolute atomic E-state index is 4.11. The van der Waals surface area contributed by atoms with Gasteiger partial charge in [0, 0.05) is 11.1 Å². The first-order valence-corrected chi connectivity index (χ1v) is 4.40. The minimum atomic E-state index is 0.948. The predicted molar refractivity (Wildman–Crippen MR) is 43.0 cm³/mol. The first-order chi connectivity index (χ1) is 4.43. The Balaban J connectivity index is 2.38. The molecular formula is C6H7NS2. The first kappa shape index (κ1) is 6.83. The van der Waals surface area contributed by atoms with Crippen LogP contribution in [0.25, 0.3) is 0 Å². The summed E-state index contributed by atoms with van der Waals surface area (Å²) in [6, 6.07) is 2.01. The molecule has 0 aromatic carbocycles. The topological polar surface area (TPSA) is 12.9 Å². The van der Waals surface area contributed by atoms with E-state index < -0.39 is 0 Å². The Morgan fingerprint density at radius 3 is 3.33 bits per heavy atom. The van der Waals surface area contributed by atoms with Gasteiger partial charge in [-0.2, -0.15) is 4.37 Å². The highest BCUT2D eigenvalue weighted by atomic mass is 32.2. The van der Waals surface area contributed by atoms with Gasteiger partial charge in [-0.3, -0.25) is 0 Å². The van der Waals surface area contributed by atoms with Gasteiger partial charge in [-0.15, -0.1) is 18.3 Å². The van der Waals surface area contributed by atoms with E-state index in [2.05, 4.69) is 11.0 Å². The summed E-state index contributed by atoms with van der Waals surface area (Å²) in [7, 11) is 0. The number of nitrogens with zero attached hydrogens (tertiary/aromatic N) is 1. The second-order valence-electron chi connectivity index (χ2n) is 1.44. The molecule has 0 radical (unpaired) electrons. The van der Waals surface area contributed by atoms with Crippen molar-refractivity contribution >= 4 is 23.3 Å². The van der Waals surface area contributed by atoms with Crippen LogP contribution in [0.15, 0.2) is 29.1 Å². The van der Waals surface area contributed by atoms with Crippen molar-refractivity contribution in [3.05, 3.63) is 24.1 Å². The lowest BCUT2D eigenvalue weighted by Gasteiger charge is -1.86. The Hall–Kier alpha value is -0.280. The van der Waals surface area contributed by atoms with Gasteiger partial charge in [0.25, 0.3) is 0 Å². The molecule has 0 fully saturated rings. The van der Waals surface area contributed by atoms with Gasteiger partial charge in [0.1, 0.15) is 5.03 Å². The predicted octanol–water partition coefficient (Wildman–Crippen LogP) is 2.42. The Labute approximate surface area is 63.0 Å². The molecule has 0 saturated carbocycles. The normalized spacial score (nSPS) is 9.33. The molecule has 0 atom stereocenters. The average Bonchev–Trinajstić information content (AvgIpc) is 2.34. The number of hydrogen-bond donors (Lipinski definition) is 0. The zero-order valence-electron chi connectivity index (χ0n) is 4.91. The lowest BCUT2D eigenvalue weighted by atomic mass is 10.8. The summed E-state index contributed by atoms with van der Waals surface area (Å²) in [5, 5.41) is 3.07. The molecule has 0 spiro atoms. The van der Waals surface area contributed by atoms with Crippen molar-refractivity contribution < 1.29 is 0 Å². The lowest BCUT2D eigenvalue weighted by Crippen LogP contribution is -1.68. The molecule has 0 bridgehead atoms. The molecule has 3 heteroatoms. The van der Waals surface area contributed by atoms with Crippen molar-refractivity contribution in [3.63, 3.8) is 0 Å². The first-order valence-electron chi connectivity index (χ1n) is 2.57. The largest absolute Gasteiger partial charge is 0.186 e. The number of thioether (sulfide) groups is 1. The third kappa shape index (κ3) is 2.20. The van der Waals surface area contributed by atoms with Crippen LogP contribution in [0, 0.1) is 0 Å². The SMILES string of the molecule is C=CCSc1ccsn1. The van der Waals surface area contributed by atoms with Gasteiger partial charge in [-0.05, 0) is 17.6 Å². The van der Waals surface area contributed by atoms with E-state index in [1.165, 1.54) is 11.5 Å². The zero-order valence-corrected chi connectivity index (χ0v) is 6.54. The lowest BCUT2D eigenvalue weighted by molar-refractivity contribution is 1.29. The summed E-state index contributed by atoms with van der Waals surface area (Å²) in [5.41, 5.74) is 0. The van der Waals surface area contributed by atoms with Crippen molar-refractivity contribution in [3.8, 4) is 0 Å². The summed E-state index contributed by atoms with van der Waals surface area (Å²) in [6.45, 7) is 3.61. The maximum Gasteiger partial charge on any atom is 0.110 e. The van der Waals surface area contributed by atoms with Crippen molar-refractivity contribution in [2.45, 2.75) is 5.03 Å². The number of rotatable bonds is 3. The van der Waals surface area contributed by atoms with Gasteiger partial charge < -0.3 is 0 Å². The minimum absolute atomic E-state index is 0.948. The highest BCUT2D eigenvalue weighted by molar-refractivity contribution is 7.99. The van der Waals surface area contributed by atoms with Crippen LogP contribution >= 0.6 is 23.3 Å². The van der Waals surface area contributed by atoms with Gasteiger partial charge >= 0.3 is 0 Å². The highest BCUT2D eigenvalue weighted by Gasteiger charge is 1.90. The Kier molecular flexibility index (Phi) is 2.80. The molecular weight excluding hydrogens is 150 g/mol. The Bertz CT molecular complexity index is 169. The molecule has 0 saturated heterocycles. The molecule has 0 aliphatic heterocycles.